The van der Waals surface area contributed by atoms with Crippen molar-refractivity contribution in [2.45, 2.75) is 54.7 Å². The first kappa shape index (κ1) is 20.9. The number of carboxylic acid groups (broad SMARTS) is 1. The molecule has 2 aromatic rings. The molecule has 6 heteroatoms. The van der Waals surface area contributed by atoms with E-state index in [1.807, 2.05) is 36.4 Å². The molecule has 2 saturated heterocycles. The third kappa shape index (κ3) is 4.71. The van der Waals surface area contributed by atoms with Crippen molar-refractivity contribution in [3.05, 3.63) is 71.8 Å². The Balaban J connectivity index is 1.56. The Morgan fingerprint density at radius 1 is 1.03 bits per heavy atom. The summed E-state index contributed by atoms with van der Waals surface area (Å²) in [5.41, 5.74) is 2.44. The predicted octanol–water partition coefficient (Wildman–Crippen LogP) is 2.61. The van der Waals surface area contributed by atoms with E-state index < -0.39 is 16.8 Å². The largest absolute Gasteiger partial charge is 0.481 e. The van der Waals surface area contributed by atoms with Crippen LogP contribution in [0.5, 0.6) is 0 Å². The van der Waals surface area contributed by atoms with Gasteiger partial charge in [-0.15, -0.1) is 0 Å². The molecular weight excluding hydrogens is 396 g/mol. The maximum Gasteiger partial charge on any atom is 0.303 e. The van der Waals surface area contributed by atoms with E-state index in [0.29, 0.717) is 6.42 Å². The van der Waals surface area contributed by atoms with Crippen LogP contribution in [0.1, 0.15) is 30.4 Å². The molecule has 5 atom stereocenters. The Morgan fingerprint density at radius 3 is 2.23 bits per heavy atom. The molecule has 2 aliphatic rings. The van der Waals surface area contributed by atoms with Gasteiger partial charge < -0.3 is 5.11 Å². The van der Waals surface area contributed by atoms with E-state index in [9.17, 15) is 9.00 Å². The molecule has 2 fully saturated rings. The van der Waals surface area contributed by atoms with E-state index in [0.717, 1.165) is 25.9 Å². The van der Waals surface area contributed by atoms with Crippen molar-refractivity contribution >= 4 is 23.0 Å². The number of rotatable bonds is 8. The normalized spacial score (nSPS) is 29.2. The molecule has 0 aromatic heterocycles. The van der Waals surface area contributed by atoms with Gasteiger partial charge in [0, 0.05) is 23.6 Å². The number of aliphatic carboxylic acids is 1. The van der Waals surface area contributed by atoms with Crippen molar-refractivity contribution in [3.63, 3.8) is 0 Å². The zero-order valence-corrected chi connectivity index (χ0v) is 17.8. The Kier molecular flexibility index (Phi) is 6.75. The summed E-state index contributed by atoms with van der Waals surface area (Å²) in [4.78, 5) is 10.8. The van der Waals surface area contributed by atoms with E-state index >= 15 is 0 Å². The van der Waals surface area contributed by atoms with Crippen molar-refractivity contribution in [2.24, 2.45) is 0 Å². The second-order valence-electron chi connectivity index (χ2n) is 8.15. The van der Waals surface area contributed by atoms with Crippen LogP contribution in [0.15, 0.2) is 60.7 Å². The number of carboxylic acids is 1. The SMILES string of the molecule is O=C(O)CCCC=[N+]1CN[C@@H]2C(Cc3ccccc3)S(=O)C(Cc3ccccc3)[C@@H]21. The van der Waals surface area contributed by atoms with Crippen LogP contribution < -0.4 is 5.32 Å². The lowest BCUT2D eigenvalue weighted by atomic mass is 9.95. The van der Waals surface area contributed by atoms with Crippen LogP contribution in [-0.4, -0.2) is 55.3 Å². The van der Waals surface area contributed by atoms with Gasteiger partial charge in [0.15, 0.2) is 12.7 Å². The fourth-order valence-electron chi connectivity index (χ4n) is 4.75. The Hall–Kier alpha value is -2.31. The summed E-state index contributed by atoms with van der Waals surface area (Å²) in [5, 5.41) is 12.6. The average molecular weight is 426 g/mol. The molecule has 2 aromatic carbocycles. The van der Waals surface area contributed by atoms with E-state index in [1.54, 1.807) is 0 Å². The van der Waals surface area contributed by atoms with Crippen molar-refractivity contribution in [1.29, 1.82) is 0 Å². The topological polar surface area (TPSA) is 69.4 Å². The third-order valence-electron chi connectivity index (χ3n) is 6.16. The lowest BCUT2D eigenvalue weighted by Gasteiger charge is -2.15. The molecular formula is C24H29N2O3S+. The Labute approximate surface area is 180 Å². The highest BCUT2D eigenvalue weighted by molar-refractivity contribution is 7.86. The van der Waals surface area contributed by atoms with Crippen LogP contribution in [0.3, 0.4) is 0 Å². The van der Waals surface area contributed by atoms with Crippen LogP contribution in [0.25, 0.3) is 0 Å². The quantitative estimate of drug-likeness (QED) is 0.504. The minimum absolute atomic E-state index is 0.0526. The predicted molar refractivity (Wildman–Crippen MR) is 119 cm³/mol. The van der Waals surface area contributed by atoms with Gasteiger partial charge in [-0.1, -0.05) is 60.7 Å². The maximum atomic E-state index is 13.6. The fraction of sp³-hybridized carbons (Fsp3) is 0.417. The lowest BCUT2D eigenvalue weighted by molar-refractivity contribution is -0.541. The zero-order chi connectivity index (χ0) is 20.9. The number of benzene rings is 2. The minimum Gasteiger partial charge on any atom is -0.481 e. The monoisotopic (exact) mass is 425 g/mol. The third-order valence-corrected chi connectivity index (χ3v) is 8.26. The van der Waals surface area contributed by atoms with Gasteiger partial charge in [-0.05, 0) is 30.4 Å². The molecule has 0 aliphatic carbocycles. The summed E-state index contributed by atoms with van der Waals surface area (Å²) in [7, 11) is -0.962. The zero-order valence-electron chi connectivity index (χ0n) is 17.0. The van der Waals surface area contributed by atoms with Crippen molar-refractivity contribution < 1.29 is 18.7 Å². The van der Waals surface area contributed by atoms with Gasteiger partial charge in [-0.2, -0.15) is 0 Å². The Bertz CT molecular complexity index is 917. The van der Waals surface area contributed by atoms with Crippen molar-refractivity contribution in [1.82, 2.24) is 5.32 Å². The van der Waals surface area contributed by atoms with Crippen LogP contribution in [0, 0.1) is 0 Å². The van der Waals surface area contributed by atoms with Gasteiger partial charge in [0.05, 0.1) is 11.3 Å². The molecule has 30 heavy (non-hydrogen) atoms. The van der Waals surface area contributed by atoms with Gasteiger partial charge in [-0.3, -0.25) is 14.3 Å². The molecule has 5 nitrogen and oxygen atoms in total. The van der Waals surface area contributed by atoms with Crippen LogP contribution in [0.2, 0.25) is 0 Å². The summed E-state index contributed by atoms with van der Waals surface area (Å²) in [6.45, 7) is 0.732. The molecule has 0 bridgehead atoms. The van der Waals surface area contributed by atoms with E-state index in [4.69, 9.17) is 5.11 Å². The van der Waals surface area contributed by atoms with E-state index in [1.165, 1.54) is 11.1 Å². The molecule has 2 aliphatic heterocycles. The van der Waals surface area contributed by atoms with Gasteiger partial charge in [0.25, 0.3) is 0 Å². The lowest BCUT2D eigenvalue weighted by Crippen LogP contribution is -2.40. The number of unbranched alkanes of at least 4 members (excludes halogenated alkanes) is 1. The molecule has 2 N–H and O–H groups in total. The second kappa shape index (κ2) is 9.67. The average Bonchev–Trinajstić information content (AvgIpc) is 3.27. The maximum absolute atomic E-state index is 13.6. The number of nitrogens with zero attached hydrogens (tertiary/aromatic N) is 1. The number of hydrogen-bond acceptors (Lipinski definition) is 3. The van der Waals surface area contributed by atoms with Crippen LogP contribution >= 0.6 is 0 Å². The highest BCUT2D eigenvalue weighted by atomic mass is 32.2. The molecule has 0 spiro atoms. The summed E-state index contributed by atoms with van der Waals surface area (Å²) in [6, 6.07) is 21.0. The minimum atomic E-state index is -0.962. The molecule has 158 valence electrons. The van der Waals surface area contributed by atoms with Crippen molar-refractivity contribution in [2.75, 3.05) is 6.67 Å². The number of hydrogen-bond donors (Lipinski definition) is 2. The van der Waals surface area contributed by atoms with Gasteiger partial charge in [0.1, 0.15) is 11.5 Å². The van der Waals surface area contributed by atoms with Gasteiger partial charge in [-0.25, -0.2) is 4.58 Å². The highest BCUT2D eigenvalue weighted by Gasteiger charge is 2.57. The van der Waals surface area contributed by atoms with Crippen LogP contribution in [-0.2, 0) is 28.4 Å². The summed E-state index contributed by atoms with van der Waals surface area (Å²) in [5.74, 6) is -0.757. The molecule has 4 rings (SSSR count). The highest BCUT2D eigenvalue weighted by Crippen LogP contribution is 2.34. The standard InChI is InChI=1S/C24H28N2O3S/c27-22(28)13-7-8-14-26-17-25-23-20(15-18-9-3-1-4-10-18)30(29)21(24(23)26)16-19-11-5-2-6-12-19/h1-6,9-12,14,20-21,23-25H,7-8,13,15-17H2/p+1/t20?,21?,23-,24+,30?/m1/s1. The molecule has 2 heterocycles. The van der Waals surface area contributed by atoms with E-state index in [2.05, 4.69) is 40.4 Å². The molecule has 0 saturated carbocycles. The molecule has 3 unspecified atom stereocenters. The molecule has 0 amide bonds. The smallest absolute Gasteiger partial charge is 0.303 e. The van der Waals surface area contributed by atoms with Crippen molar-refractivity contribution in [3.8, 4) is 0 Å². The summed E-state index contributed by atoms with van der Waals surface area (Å²) >= 11 is 0. The fourth-order valence-corrected chi connectivity index (χ4v) is 7.06. The van der Waals surface area contributed by atoms with Gasteiger partial charge >= 0.3 is 5.97 Å². The summed E-state index contributed by atoms with van der Waals surface area (Å²) in [6.07, 6.45) is 5.26. The second-order valence-corrected chi connectivity index (χ2v) is 10.0. The first-order chi connectivity index (χ1) is 14.6. The van der Waals surface area contributed by atoms with E-state index in [-0.39, 0.29) is 29.0 Å². The number of carbonyl (C=O) groups is 1. The first-order valence-electron chi connectivity index (χ1n) is 10.6. The van der Waals surface area contributed by atoms with Gasteiger partial charge in [0.2, 0.25) is 0 Å². The Morgan fingerprint density at radius 2 is 1.63 bits per heavy atom. The number of nitrogens with one attached hydrogen (secondary N) is 1. The first-order valence-corrected chi connectivity index (χ1v) is 11.9. The summed E-state index contributed by atoms with van der Waals surface area (Å²) < 4.78 is 15.9. The van der Waals surface area contributed by atoms with Crippen LogP contribution in [0.4, 0.5) is 0 Å². The number of fused-ring (bicyclic) bond motifs is 1. The molecule has 0 radical (unpaired) electrons.